The largest absolute Gasteiger partial charge is 0.374 e. The molecule has 1 aromatic carbocycles. The third-order valence-electron chi connectivity index (χ3n) is 4.37. The van der Waals surface area contributed by atoms with Crippen LogP contribution in [0.15, 0.2) is 24.3 Å². The second-order valence-electron chi connectivity index (χ2n) is 6.46. The fourth-order valence-corrected chi connectivity index (χ4v) is 3.27. The number of aliphatic hydroxyl groups is 2. The van der Waals surface area contributed by atoms with Crippen LogP contribution in [0.5, 0.6) is 0 Å². The number of rotatable bonds is 4. The van der Waals surface area contributed by atoms with Crippen molar-refractivity contribution in [1.82, 2.24) is 4.98 Å². The molecule has 4 N–H and O–H groups in total. The van der Waals surface area contributed by atoms with Gasteiger partial charge in [0.05, 0.1) is 5.57 Å². The molecule has 0 spiro atoms. The minimum absolute atomic E-state index is 0.167. The summed E-state index contributed by atoms with van der Waals surface area (Å²) in [6.07, 6.45) is 0.121. The maximum absolute atomic E-state index is 12.4. The van der Waals surface area contributed by atoms with Gasteiger partial charge in [-0.25, -0.2) is 0 Å². The first-order valence-corrected chi connectivity index (χ1v) is 8.26. The van der Waals surface area contributed by atoms with Crippen LogP contribution >= 0.6 is 0 Å². The molecule has 0 bridgehead atoms. The number of carbonyl (C=O) groups excluding carboxylic acids is 1. The minimum atomic E-state index is -0.858. The Labute approximate surface area is 146 Å². The molecule has 0 fully saturated rings. The number of hydrogen-bond acceptors (Lipinski definition) is 4. The van der Waals surface area contributed by atoms with Gasteiger partial charge >= 0.3 is 0 Å². The number of fused-ring (bicyclic) bond motifs is 1. The van der Waals surface area contributed by atoms with Crippen molar-refractivity contribution in [2.45, 2.75) is 40.2 Å². The zero-order chi connectivity index (χ0) is 18.3. The van der Waals surface area contributed by atoms with Crippen molar-refractivity contribution >= 4 is 28.9 Å². The first-order chi connectivity index (χ1) is 11.8. The number of aryl methyl sites for hydroxylation is 2. The van der Waals surface area contributed by atoms with E-state index in [-0.39, 0.29) is 5.91 Å². The summed E-state index contributed by atoms with van der Waals surface area (Å²) in [5.74, 6) is -0.167. The molecule has 1 aliphatic heterocycles. The molecule has 2 atom stereocenters. The smallest absolute Gasteiger partial charge is 0.256 e. The lowest BCUT2D eigenvalue weighted by Gasteiger charge is -2.30. The third kappa shape index (κ3) is 3.18. The number of aromatic nitrogens is 1. The number of anilines is 2. The van der Waals surface area contributed by atoms with Crippen LogP contribution in [0.1, 0.15) is 36.4 Å². The third-order valence-corrected chi connectivity index (χ3v) is 4.37. The van der Waals surface area contributed by atoms with Crippen molar-refractivity contribution in [3.63, 3.8) is 0 Å². The molecule has 1 aromatic heterocycles. The van der Waals surface area contributed by atoms with Gasteiger partial charge in [-0.05, 0) is 63.6 Å². The summed E-state index contributed by atoms with van der Waals surface area (Å²) >= 11 is 0. The molecule has 6 nitrogen and oxygen atoms in total. The Balaban J connectivity index is 2.08. The summed E-state index contributed by atoms with van der Waals surface area (Å²) < 4.78 is 0. The fraction of sp³-hybridized carbons (Fsp3) is 0.316. The Morgan fingerprint density at radius 2 is 1.80 bits per heavy atom. The Hall–Kier alpha value is -2.57. The molecule has 1 amide bonds. The highest BCUT2D eigenvalue weighted by Crippen LogP contribution is 2.36. The van der Waals surface area contributed by atoms with Crippen molar-refractivity contribution in [2.24, 2.45) is 0 Å². The monoisotopic (exact) mass is 341 g/mol. The van der Waals surface area contributed by atoms with Crippen molar-refractivity contribution in [3.05, 3.63) is 46.8 Å². The average Bonchev–Trinajstić information content (AvgIpc) is 2.98. The zero-order valence-corrected chi connectivity index (χ0v) is 14.8. The molecule has 132 valence electrons. The molecule has 2 aromatic rings. The number of aromatic amines is 1. The molecule has 0 radical (unpaired) electrons. The van der Waals surface area contributed by atoms with Crippen LogP contribution in [0.25, 0.3) is 11.6 Å². The van der Waals surface area contributed by atoms with Crippen LogP contribution in [0.4, 0.5) is 11.4 Å². The lowest BCUT2D eigenvalue weighted by Crippen LogP contribution is -2.40. The van der Waals surface area contributed by atoms with Crippen LogP contribution in [-0.2, 0) is 4.79 Å². The van der Waals surface area contributed by atoms with Gasteiger partial charge in [-0.2, -0.15) is 0 Å². The van der Waals surface area contributed by atoms with E-state index in [2.05, 4.69) is 10.3 Å². The summed E-state index contributed by atoms with van der Waals surface area (Å²) in [5.41, 5.74) is 5.66. The molecular formula is C19H23N3O3. The SMILES string of the molecule is Cc1cc(C)c(C=C2C(=O)Nc3ccc(N(C(C)O)C(C)O)cc32)[nH]1. The van der Waals surface area contributed by atoms with Crippen LogP contribution in [0.2, 0.25) is 0 Å². The summed E-state index contributed by atoms with van der Waals surface area (Å²) in [7, 11) is 0. The van der Waals surface area contributed by atoms with E-state index >= 15 is 0 Å². The molecule has 0 aliphatic carbocycles. The van der Waals surface area contributed by atoms with Crippen LogP contribution in [0.3, 0.4) is 0 Å². The molecule has 0 saturated carbocycles. The Morgan fingerprint density at radius 1 is 1.12 bits per heavy atom. The maximum Gasteiger partial charge on any atom is 0.256 e. The van der Waals surface area contributed by atoms with Crippen molar-refractivity contribution < 1.29 is 15.0 Å². The van der Waals surface area contributed by atoms with E-state index in [1.54, 1.807) is 26.0 Å². The lowest BCUT2D eigenvalue weighted by molar-refractivity contribution is -0.110. The van der Waals surface area contributed by atoms with Crippen molar-refractivity contribution in [3.8, 4) is 0 Å². The zero-order valence-electron chi connectivity index (χ0n) is 14.8. The van der Waals surface area contributed by atoms with E-state index < -0.39 is 12.5 Å². The molecule has 25 heavy (non-hydrogen) atoms. The Morgan fingerprint density at radius 3 is 2.36 bits per heavy atom. The van der Waals surface area contributed by atoms with Gasteiger partial charge in [0.25, 0.3) is 5.91 Å². The number of amides is 1. The summed E-state index contributed by atoms with van der Waals surface area (Å²) in [6, 6.07) is 7.39. The number of carbonyl (C=O) groups is 1. The van der Waals surface area contributed by atoms with Crippen LogP contribution in [0, 0.1) is 13.8 Å². The number of aliphatic hydroxyl groups excluding tert-OH is 2. The second kappa shape index (κ2) is 6.38. The number of H-pyrrole nitrogens is 1. The van der Waals surface area contributed by atoms with E-state index in [0.717, 1.165) is 28.2 Å². The second-order valence-corrected chi connectivity index (χ2v) is 6.46. The molecular weight excluding hydrogens is 318 g/mol. The van der Waals surface area contributed by atoms with Crippen molar-refractivity contribution in [1.29, 1.82) is 0 Å². The number of nitrogens with zero attached hydrogens (tertiary/aromatic N) is 1. The molecule has 6 heteroatoms. The summed E-state index contributed by atoms with van der Waals surface area (Å²) in [4.78, 5) is 17.1. The standard InChI is InChI=1S/C19H23N3O3/c1-10-7-11(2)20-18(10)9-16-15-8-14(22(12(3)23)13(4)24)5-6-17(15)21-19(16)25/h5-9,12-13,20,23-24H,1-4H3,(H,21,25). The van der Waals surface area contributed by atoms with Gasteiger partial charge in [-0.15, -0.1) is 0 Å². The highest BCUT2D eigenvalue weighted by molar-refractivity contribution is 6.35. The van der Waals surface area contributed by atoms with Gasteiger partial charge in [-0.1, -0.05) is 0 Å². The predicted octanol–water partition coefficient (Wildman–Crippen LogP) is 2.61. The number of benzene rings is 1. The highest BCUT2D eigenvalue weighted by Gasteiger charge is 2.27. The maximum atomic E-state index is 12.4. The summed E-state index contributed by atoms with van der Waals surface area (Å²) in [6.45, 7) is 7.14. The highest BCUT2D eigenvalue weighted by atomic mass is 16.3. The molecule has 3 rings (SSSR count). The topological polar surface area (TPSA) is 88.6 Å². The number of nitrogens with one attached hydrogen (secondary N) is 2. The van der Waals surface area contributed by atoms with Gasteiger partial charge < -0.3 is 25.4 Å². The van der Waals surface area contributed by atoms with Gasteiger partial charge in [0.2, 0.25) is 0 Å². The van der Waals surface area contributed by atoms with E-state index in [9.17, 15) is 15.0 Å². The minimum Gasteiger partial charge on any atom is -0.374 e. The fourth-order valence-electron chi connectivity index (χ4n) is 3.27. The first kappa shape index (κ1) is 17.3. The van der Waals surface area contributed by atoms with E-state index in [1.165, 1.54) is 4.90 Å². The summed E-state index contributed by atoms with van der Waals surface area (Å²) in [5, 5.41) is 22.7. The van der Waals surface area contributed by atoms with Crippen LogP contribution in [-0.4, -0.2) is 33.6 Å². The predicted molar refractivity (Wildman–Crippen MR) is 99.1 cm³/mol. The molecule has 2 unspecified atom stereocenters. The van der Waals surface area contributed by atoms with E-state index in [1.807, 2.05) is 32.1 Å². The van der Waals surface area contributed by atoms with Crippen molar-refractivity contribution in [2.75, 3.05) is 10.2 Å². The van der Waals surface area contributed by atoms with Crippen LogP contribution < -0.4 is 10.2 Å². The molecule has 1 aliphatic rings. The number of hydrogen-bond donors (Lipinski definition) is 4. The van der Waals surface area contributed by atoms with Gasteiger partial charge in [0, 0.05) is 28.3 Å². The van der Waals surface area contributed by atoms with Gasteiger partial charge in [-0.3, -0.25) is 4.79 Å². The quantitative estimate of drug-likeness (QED) is 0.508. The molecule has 2 heterocycles. The average molecular weight is 341 g/mol. The Bertz CT molecular complexity index is 842. The normalized spacial score (nSPS) is 17.4. The van der Waals surface area contributed by atoms with E-state index in [4.69, 9.17) is 0 Å². The Kier molecular flexibility index (Phi) is 4.41. The van der Waals surface area contributed by atoms with Gasteiger partial charge in [0.15, 0.2) is 0 Å². The first-order valence-electron chi connectivity index (χ1n) is 8.26. The lowest BCUT2D eigenvalue weighted by atomic mass is 10.0. The molecule has 0 saturated heterocycles. The van der Waals surface area contributed by atoms with Gasteiger partial charge in [0.1, 0.15) is 12.5 Å². The van der Waals surface area contributed by atoms with E-state index in [0.29, 0.717) is 11.3 Å².